The molecule has 0 saturated heterocycles. The minimum Gasteiger partial charge on any atom is -0.364 e. The van der Waals surface area contributed by atoms with Gasteiger partial charge in [0, 0.05) is 6.54 Å². The van der Waals surface area contributed by atoms with Crippen LogP contribution in [-0.2, 0) is 6.42 Å². The Morgan fingerprint density at radius 1 is 1.42 bits per heavy atom. The van der Waals surface area contributed by atoms with E-state index in [9.17, 15) is 10.1 Å². The van der Waals surface area contributed by atoms with Crippen molar-refractivity contribution < 1.29 is 4.92 Å². The number of nitrogens with zero attached hydrogens (tertiary/aromatic N) is 3. The molecular weight excluding hydrogens is 268 g/mol. The van der Waals surface area contributed by atoms with E-state index in [4.69, 9.17) is 5.84 Å². The third-order valence-electron chi connectivity index (χ3n) is 2.43. The van der Waals surface area contributed by atoms with Gasteiger partial charge in [0.15, 0.2) is 0 Å². The highest BCUT2D eigenvalue weighted by atomic mass is 32.1. The van der Waals surface area contributed by atoms with Gasteiger partial charge in [-0.25, -0.2) is 15.8 Å². The molecule has 0 amide bonds. The van der Waals surface area contributed by atoms with Crippen LogP contribution in [0, 0.1) is 10.1 Å². The van der Waals surface area contributed by atoms with Gasteiger partial charge in [0.05, 0.1) is 4.92 Å². The number of nitrogen functional groups attached to an aromatic ring is 1. The quantitative estimate of drug-likeness (QED) is 0.415. The Balaban J connectivity index is 2.09. The zero-order chi connectivity index (χ0) is 13.7. The van der Waals surface area contributed by atoms with Crippen molar-refractivity contribution in [3.05, 3.63) is 38.8 Å². The van der Waals surface area contributed by atoms with Gasteiger partial charge < -0.3 is 10.7 Å². The molecular formula is C10H12N6O2S. The Labute approximate surface area is 112 Å². The molecule has 2 heterocycles. The molecule has 0 aromatic carbocycles. The zero-order valence-corrected chi connectivity index (χ0v) is 10.7. The van der Waals surface area contributed by atoms with Gasteiger partial charge >= 0.3 is 5.69 Å². The fraction of sp³-hybridized carbons (Fsp3) is 0.200. The Kier molecular flexibility index (Phi) is 4.21. The number of nitrogens with two attached hydrogens (primary N) is 1. The molecule has 2 aromatic heterocycles. The smallest absolute Gasteiger partial charge is 0.354 e. The van der Waals surface area contributed by atoms with Crippen LogP contribution in [0.15, 0.2) is 23.2 Å². The summed E-state index contributed by atoms with van der Waals surface area (Å²) < 4.78 is 0. The fourth-order valence-electron chi connectivity index (χ4n) is 1.55. The maximum Gasteiger partial charge on any atom is 0.354 e. The highest BCUT2D eigenvalue weighted by Gasteiger charge is 2.21. The predicted octanol–water partition coefficient (Wildman–Crippen LogP) is 1.39. The van der Waals surface area contributed by atoms with E-state index in [-0.39, 0.29) is 17.3 Å². The molecule has 0 aliphatic heterocycles. The summed E-state index contributed by atoms with van der Waals surface area (Å²) in [5.74, 6) is 5.33. The lowest BCUT2D eigenvalue weighted by Crippen LogP contribution is -2.14. The van der Waals surface area contributed by atoms with Gasteiger partial charge in [0.1, 0.15) is 6.33 Å². The van der Waals surface area contributed by atoms with E-state index in [0.717, 1.165) is 6.42 Å². The number of hydrazine groups is 1. The van der Waals surface area contributed by atoms with E-state index >= 15 is 0 Å². The van der Waals surface area contributed by atoms with Crippen LogP contribution in [0.3, 0.4) is 0 Å². The predicted molar refractivity (Wildman–Crippen MR) is 73.0 cm³/mol. The van der Waals surface area contributed by atoms with Crippen molar-refractivity contribution in [2.45, 2.75) is 6.42 Å². The number of hydrogen-bond donors (Lipinski definition) is 3. The van der Waals surface area contributed by atoms with Crippen LogP contribution in [-0.4, -0.2) is 21.4 Å². The second-order valence-corrected chi connectivity index (χ2v) is 4.41. The van der Waals surface area contributed by atoms with Crippen LogP contribution < -0.4 is 16.6 Å². The van der Waals surface area contributed by atoms with E-state index in [1.165, 1.54) is 11.9 Å². The molecule has 0 spiro atoms. The Hall–Kier alpha value is -2.26. The van der Waals surface area contributed by atoms with Gasteiger partial charge in [-0.05, 0) is 28.8 Å². The summed E-state index contributed by atoms with van der Waals surface area (Å²) in [6.45, 7) is 0.540. The molecule has 0 bridgehead atoms. The first-order valence-electron chi connectivity index (χ1n) is 5.43. The van der Waals surface area contributed by atoms with Gasteiger partial charge in [-0.15, -0.1) is 0 Å². The van der Waals surface area contributed by atoms with Crippen molar-refractivity contribution >= 4 is 28.7 Å². The van der Waals surface area contributed by atoms with Crippen molar-refractivity contribution in [1.29, 1.82) is 0 Å². The maximum absolute atomic E-state index is 11.0. The third-order valence-corrected chi connectivity index (χ3v) is 3.16. The average molecular weight is 280 g/mol. The summed E-state index contributed by atoms with van der Waals surface area (Å²) in [6, 6.07) is 2.01. The summed E-state index contributed by atoms with van der Waals surface area (Å²) >= 11 is 1.61. The van der Waals surface area contributed by atoms with Crippen LogP contribution in [0.4, 0.5) is 17.3 Å². The van der Waals surface area contributed by atoms with E-state index < -0.39 is 4.92 Å². The van der Waals surface area contributed by atoms with E-state index in [2.05, 4.69) is 20.7 Å². The van der Waals surface area contributed by atoms with Crippen molar-refractivity contribution in [2.24, 2.45) is 5.84 Å². The van der Waals surface area contributed by atoms with Crippen LogP contribution in [0.5, 0.6) is 0 Å². The summed E-state index contributed by atoms with van der Waals surface area (Å²) in [4.78, 5) is 18.0. The molecule has 19 heavy (non-hydrogen) atoms. The van der Waals surface area contributed by atoms with Gasteiger partial charge in [-0.1, -0.05) is 0 Å². The second kappa shape index (κ2) is 6.07. The molecule has 2 aromatic rings. The van der Waals surface area contributed by atoms with E-state index in [0.29, 0.717) is 6.54 Å². The topological polar surface area (TPSA) is 119 Å². The lowest BCUT2D eigenvalue weighted by Gasteiger charge is -2.07. The van der Waals surface area contributed by atoms with Crippen molar-refractivity contribution in [2.75, 3.05) is 17.3 Å². The largest absolute Gasteiger partial charge is 0.364 e. The van der Waals surface area contributed by atoms with Crippen molar-refractivity contribution in [3.63, 3.8) is 0 Å². The Morgan fingerprint density at radius 3 is 2.84 bits per heavy atom. The van der Waals surface area contributed by atoms with Crippen LogP contribution in [0.1, 0.15) is 5.56 Å². The van der Waals surface area contributed by atoms with Crippen LogP contribution in [0.25, 0.3) is 0 Å². The summed E-state index contributed by atoms with van der Waals surface area (Å²) in [7, 11) is 0. The van der Waals surface area contributed by atoms with Crippen molar-refractivity contribution in [1.82, 2.24) is 9.97 Å². The molecule has 9 heteroatoms. The number of aromatic nitrogens is 2. The Morgan fingerprint density at radius 2 is 2.21 bits per heavy atom. The highest BCUT2D eigenvalue weighted by Crippen LogP contribution is 2.27. The maximum atomic E-state index is 11.0. The molecule has 0 aliphatic rings. The second-order valence-electron chi connectivity index (χ2n) is 3.63. The van der Waals surface area contributed by atoms with Gasteiger partial charge in [-0.2, -0.15) is 11.3 Å². The first-order chi connectivity index (χ1) is 9.22. The SMILES string of the molecule is NNc1ncnc(NCCc2ccsc2)c1[N+](=O)[O-]. The molecule has 100 valence electrons. The minimum absolute atomic E-state index is 0.0157. The average Bonchev–Trinajstić information content (AvgIpc) is 2.91. The molecule has 0 fully saturated rings. The number of rotatable bonds is 6. The van der Waals surface area contributed by atoms with Crippen LogP contribution in [0.2, 0.25) is 0 Å². The molecule has 0 radical (unpaired) electrons. The normalized spacial score (nSPS) is 10.2. The highest BCUT2D eigenvalue weighted by molar-refractivity contribution is 7.07. The lowest BCUT2D eigenvalue weighted by molar-refractivity contribution is -0.383. The Bertz CT molecular complexity index is 559. The van der Waals surface area contributed by atoms with Gasteiger partial charge in [-0.3, -0.25) is 10.1 Å². The third kappa shape index (κ3) is 3.14. The minimum atomic E-state index is -0.567. The number of nitrogens with one attached hydrogen (secondary N) is 2. The molecule has 0 atom stereocenters. The first kappa shape index (κ1) is 13.2. The van der Waals surface area contributed by atoms with Crippen molar-refractivity contribution in [3.8, 4) is 0 Å². The summed E-state index contributed by atoms with van der Waals surface area (Å²) in [5, 5.41) is 17.9. The molecule has 8 nitrogen and oxygen atoms in total. The van der Waals surface area contributed by atoms with Gasteiger partial charge in [0.2, 0.25) is 11.6 Å². The number of anilines is 2. The summed E-state index contributed by atoms with van der Waals surface area (Å²) in [5.41, 5.74) is 3.11. The van der Waals surface area contributed by atoms with Gasteiger partial charge in [0.25, 0.3) is 0 Å². The number of nitro groups is 1. The molecule has 0 unspecified atom stereocenters. The first-order valence-corrected chi connectivity index (χ1v) is 6.37. The molecule has 4 N–H and O–H groups in total. The standard InChI is InChI=1S/C10H12N6O2S/c11-15-10-8(16(17)18)9(13-6-14-10)12-3-1-7-2-4-19-5-7/h2,4-6H,1,3,11H2,(H2,12,13,14,15). The molecule has 2 rings (SSSR count). The molecule has 0 aliphatic carbocycles. The van der Waals surface area contributed by atoms with E-state index in [1.54, 1.807) is 11.3 Å². The monoisotopic (exact) mass is 280 g/mol. The number of thiophene rings is 1. The fourth-order valence-corrected chi connectivity index (χ4v) is 2.25. The molecule has 0 saturated carbocycles. The summed E-state index contributed by atoms with van der Waals surface area (Å²) in [6.07, 6.45) is 1.98. The van der Waals surface area contributed by atoms with E-state index in [1.807, 2.05) is 16.8 Å². The zero-order valence-electron chi connectivity index (χ0n) is 9.87. The van der Waals surface area contributed by atoms with Crippen LogP contribution >= 0.6 is 11.3 Å². The number of hydrogen-bond acceptors (Lipinski definition) is 8. The lowest BCUT2D eigenvalue weighted by atomic mass is 10.2.